The average Bonchev–Trinajstić information content (AvgIpc) is 2.67. The summed E-state index contributed by atoms with van der Waals surface area (Å²) in [4.78, 5) is 28.8. The van der Waals surface area contributed by atoms with Gasteiger partial charge in [-0.1, -0.05) is 30.3 Å². The van der Waals surface area contributed by atoms with Crippen LogP contribution < -0.4 is 10.1 Å². The highest BCUT2D eigenvalue weighted by atomic mass is 19.4. The Morgan fingerprint density at radius 1 is 1.17 bits per heavy atom. The molecular formula is C19H18F3N3O4. The van der Waals surface area contributed by atoms with Gasteiger partial charge in [0.15, 0.2) is 0 Å². The van der Waals surface area contributed by atoms with E-state index in [2.05, 4.69) is 10.3 Å². The lowest BCUT2D eigenvalue weighted by Crippen LogP contribution is -2.58. The third kappa shape index (κ3) is 5.84. The van der Waals surface area contributed by atoms with Crippen molar-refractivity contribution in [3.8, 4) is 5.88 Å². The van der Waals surface area contributed by atoms with Crippen LogP contribution in [0, 0.1) is 0 Å². The van der Waals surface area contributed by atoms with Gasteiger partial charge in [0.25, 0.3) is 0 Å². The first-order chi connectivity index (χ1) is 13.8. The molecule has 0 saturated carbocycles. The Kier molecular flexibility index (Phi) is 6.20. The Morgan fingerprint density at radius 3 is 2.59 bits per heavy atom. The number of aromatic nitrogens is 1. The number of alkyl halides is 3. The molecule has 7 nitrogen and oxygen atoms in total. The van der Waals surface area contributed by atoms with Crippen LogP contribution in [0.3, 0.4) is 0 Å². The van der Waals surface area contributed by atoms with Crippen molar-refractivity contribution < 1.29 is 32.2 Å². The zero-order valence-electron chi connectivity index (χ0n) is 15.2. The number of amides is 2. The number of rotatable bonds is 6. The first-order valence-electron chi connectivity index (χ1n) is 8.73. The average molecular weight is 409 g/mol. The largest absolute Gasteiger partial charge is 0.471 e. The molecule has 3 rings (SSSR count). The summed E-state index contributed by atoms with van der Waals surface area (Å²) in [5.74, 6) is -0.502. The maximum atomic E-state index is 12.7. The van der Waals surface area contributed by atoms with Crippen molar-refractivity contribution in [1.29, 1.82) is 0 Å². The Labute approximate surface area is 164 Å². The van der Waals surface area contributed by atoms with Crippen LogP contribution in [0.4, 0.5) is 18.0 Å². The predicted molar refractivity (Wildman–Crippen MR) is 94.9 cm³/mol. The summed E-state index contributed by atoms with van der Waals surface area (Å²) < 4.78 is 48.4. The smallest absolute Gasteiger partial charge is 0.416 e. The van der Waals surface area contributed by atoms with Gasteiger partial charge in [0.2, 0.25) is 11.8 Å². The Morgan fingerprint density at radius 2 is 1.90 bits per heavy atom. The molecule has 1 N–H and O–H groups in total. The predicted octanol–water partition coefficient (Wildman–Crippen LogP) is 2.62. The van der Waals surface area contributed by atoms with Gasteiger partial charge in [0.05, 0.1) is 18.7 Å². The van der Waals surface area contributed by atoms with Crippen LogP contribution in [-0.2, 0) is 22.3 Å². The van der Waals surface area contributed by atoms with Crippen molar-refractivity contribution in [3.63, 3.8) is 0 Å². The molecule has 2 amide bonds. The minimum Gasteiger partial charge on any atom is -0.471 e. The monoisotopic (exact) mass is 409 g/mol. The zero-order chi connectivity index (χ0) is 20.9. The van der Waals surface area contributed by atoms with Gasteiger partial charge in [0, 0.05) is 12.3 Å². The molecule has 10 heteroatoms. The second kappa shape index (κ2) is 8.80. The summed E-state index contributed by atoms with van der Waals surface area (Å²) in [6, 6.07) is 10.8. The summed E-state index contributed by atoms with van der Waals surface area (Å²) in [7, 11) is 0. The Hall–Kier alpha value is -3.30. The van der Waals surface area contributed by atoms with E-state index in [4.69, 9.17) is 9.47 Å². The molecule has 2 heterocycles. The minimum absolute atomic E-state index is 0.0878. The van der Waals surface area contributed by atoms with Crippen LogP contribution >= 0.6 is 0 Å². The fourth-order valence-electron chi connectivity index (χ4n) is 2.57. The van der Waals surface area contributed by atoms with Crippen LogP contribution in [0.2, 0.25) is 0 Å². The molecule has 0 atom stereocenters. The van der Waals surface area contributed by atoms with Crippen molar-refractivity contribution in [1.82, 2.24) is 15.2 Å². The molecule has 154 valence electrons. The van der Waals surface area contributed by atoms with Gasteiger partial charge in [-0.3, -0.25) is 4.79 Å². The highest BCUT2D eigenvalue weighted by Crippen LogP contribution is 2.30. The van der Waals surface area contributed by atoms with Crippen LogP contribution in [0.25, 0.3) is 0 Å². The van der Waals surface area contributed by atoms with E-state index in [0.29, 0.717) is 0 Å². The second-order valence-electron chi connectivity index (χ2n) is 6.33. The summed E-state index contributed by atoms with van der Waals surface area (Å²) in [6.45, 7) is 0.224. The lowest BCUT2D eigenvalue weighted by Gasteiger charge is -2.38. The number of benzene rings is 1. The molecule has 1 aliphatic heterocycles. The zero-order valence-corrected chi connectivity index (χ0v) is 15.2. The highest BCUT2D eigenvalue weighted by Gasteiger charge is 2.34. The Bertz CT molecular complexity index is 855. The normalized spacial score (nSPS) is 14.1. The summed E-state index contributed by atoms with van der Waals surface area (Å²) >= 11 is 0. The maximum absolute atomic E-state index is 12.7. The number of halogens is 3. The molecule has 1 saturated heterocycles. The SMILES string of the molecule is O=C(NCC(=O)N1CC(Oc2cc(C(F)(F)F)ccn2)C1)OCc1ccccc1. The molecule has 1 fully saturated rings. The van der Waals surface area contributed by atoms with Gasteiger partial charge >= 0.3 is 12.3 Å². The molecule has 0 bridgehead atoms. The Balaban J connectivity index is 1.36. The third-order valence-electron chi connectivity index (χ3n) is 4.15. The van der Waals surface area contributed by atoms with Crippen molar-refractivity contribution in [2.24, 2.45) is 0 Å². The van der Waals surface area contributed by atoms with Gasteiger partial charge in [-0.25, -0.2) is 9.78 Å². The van der Waals surface area contributed by atoms with Crippen molar-refractivity contribution in [2.45, 2.75) is 18.9 Å². The van der Waals surface area contributed by atoms with E-state index in [1.165, 1.54) is 4.90 Å². The van der Waals surface area contributed by atoms with E-state index in [1.54, 1.807) is 12.1 Å². The second-order valence-corrected chi connectivity index (χ2v) is 6.33. The highest BCUT2D eigenvalue weighted by molar-refractivity contribution is 5.82. The molecule has 0 aliphatic carbocycles. The van der Waals surface area contributed by atoms with Crippen molar-refractivity contribution in [3.05, 3.63) is 59.8 Å². The van der Waals surface area contributed by atoms with Gasteiger partial charge in [0.1, 0.15) is 19.3 Å². The molecule has 0 spiro atoms. The number of pyridine rings is 1. The molecule has 1 aromatic heterocycles. The van der Waals surface area contributed by atoms with Crippen molar-refractivity contribution >= 4 is 12.0 Å². The summed E-state index contributed by atoms with van der Waals surface area (Å²) in [5.41, 5.74) is -0.0344. The number of nitrogens with one attached hydrogen (secondary N) is 1. The molecule has 0 unspecified atom stereocenters. The molecule has 1 aromatic carbocycles. The number of hydrogen-bond donors (Lipinski definition) is 1. The summed E-state index contributed by atoms with van der Waals surface area (Å²) in [6.07, 6.45) is -4.64. The van der Waals surface area contributed by atoms with E-state index in [0.717, 1.165) is 23.9 Å². The van der Waals surface area contributed by atoms with E-state index >= 15 is 0 Å². The van der Waals surface area contributed by atoms with E-state index < -0.39 is 23.9 Å². The van der Waals surface area contributed by atoms with Gasteiger partial charge < -0.3 is 19.7 Å². The number of ether oxygens (including phenoxy) is 2. The van der Waals surface area contributed by atoms with Crippen LogP contribution in [-0.4, -0.2) is 47.6 Å². The van der Waals surface area contributed by atoms with E-state index in [1.807, 2.05) is 18.2 Å². The topological polar surface area (TPSA) is 80.8 Å². The number of hydrogen-bond acceptors (Lipinski definition) is 5. The van der Waals surface area contributed by atoms with Gasteiger partial charge in [-0.15, -0.1) is 0 Å². The standard InChI is InChI=1S/C19H18F3N3O4/c20-19(21,22)14-6-7-23-16(8-14)29-15-10-25(11-15)17(26)9-24-18(27)28-12-13-4-2-1-3-5-13/h1-8,15H,9-12H2,(H,24,27). The molecule has 29 heavy (non-hydrogen) atoms. The number of carbonyl (C=O) groups excluding carboxylic acids is 2. The molecule has 1 aliphatic rings. The van der Waals surface area contributed by atoms with Crippen LogP contribution in [0.5, 0.6) is 5.88 Å². The first-order valence-corrected chi connectivity index (χ1v) is 8.73. The minimum atomic E-state index is -4.48. The molecule has 2 aromatic rings. The number of likely N-dealkylation sites (tertiary alicyclic amines) is 1. The molecular weight excluding hydrogens is 391 g/mol. The van der Waals surface area contributed by atoms with Crippen LogP contribution in [0.15, 0.2) is 48.7 Å². The lowest BCUT2D eigenvalue weighted by atomic mass is 10.1. The molecule has 0 radical (unpaired) electrons. The van der Waals surface area contributed by atoms with Gasteiger partial charge in [-0.2, -0.15) is 13.2 Å². The van der Waals surface area contributed by atoms with Crippen molar-refractivity contribution in [2.75, 3.05) is 19.6 Å². The number of carbonyl (C=O) groups is 2. The van der Waals surface area contributed by atoms with E-state index in [9.17, 15) is 22.8 Å². The van der Waals surface area contributed by atoms with Crippen LogP contribution in [0.1, 0.15) is 11.1 Å². The summed E-state index contributed by atoms with van der Waals surface area (Å²) in [5, 5.41) is 2.36. The lowest BCUT2D eigenvalue weighted by molar-refractivity contribution is -0.139. The quantitative estimate of drug-likeness (QED) is 0.794. The fraction of sp³-hybridized carbons (Fsp3) is 0.316. The van der Waals surface area contributed by atoms with Gasteiger partial charge in [-0.05, 0) is 11.6 Å². The number of alkyl carbamates (subject to hydrolysis) is 1. The fourth-order valence-corrected chi connectivity index (χ4v) is 2.57. The third-order valence-corrected chi connectivity index (χ3v) is 4.15. The van der Waals surface area contributed by atoms with E-state index in [-0.39, 0.29) is 38.0 Å². The number of nitrogens with zero attached hydrogens (tertiary/aromatic N) is 2. The maximum Gasteiger partial charge on any atom is 0.416 e. The first kappa shape index (κ1) is 20.4.